The van der Waals surface area contributed by atoms with Crippen molar-refractivity contribution in [2.45, 2.75) is 46.0 Å². The minimum absolute atomic E-state index is 0.163. The molecule has 14 heavy (non-hydrogen) atoms. The Morgan fingerprint density at radius 2 is 2.21 bits per heavy atom. The SMILES string of the molecule is C#CCCNC(=O)C(CC)CCCC. The molecular formula is C12H21NO. The number of carbonyl (C=O) groups excluding carboxylic acids is 1. The van der Waals surface area contributed by atoms with E-state index in [1.165, 1.54) is 0 Å². The molecule has 0 saturated heterocycles. The van der Waals surface area contributed by atoms with Crippen molar-refractivity contribution >= 4 is 5.91 Å². The molecule has 0 aromatic carbocycles. The third-order valence-corrected chi connectivity index (χ3v) is 2.34. The Morgan fingerprint density at radius 1 is 1.50 bits per heavy atom. The van der Waals surface area contributed by atoms with Crippen LogP contribution in [0.25, 0.3) is 0 Å². The summed E-state index contributed by atoms with van der Waals surface area (Å²) >= 11 is 0. The maximum Gasteiger partial charge on any atom is 0.223 e. The molecule has 80 valence electrons. The molecule has 0 spiro atoms. The molecule has 1 N–H and O–H groups in total. The van der Waals surface area contributed by atoms with Crippen molar-refractivity contribution in [3.8, 4) is 12.3 Å². The van der Waals surface area contributed by atoms with Crippen LogP contribution in [-0.4, -0.2) is 12.5 Å². The fourth-order valence-corrected chi connectivity index (χ4v) is 1.37. The lowest BCUT2D eigenvalue weighted by Crippen LogP contribution is -2.31. The van der Waals surface area contributed by atoms with Crippen molar-refractivity contribution < 1.29 is 4.79 Å². The van der Waals surface area contributed by atoms with Crippen LogP contribution in [-0.2, 0) is 4.79 Å². The quantitative estimate of drug-likeness (QED) is 0.490. The van der Waals surface area contributed by atoms with Gasteiger partial charge in [-0.2, -0.15) is 0 Å². The van der Waals surface area contributed by atoms with Gasteiger partial charge in [-0.15, -0.1) is 12.3 Å². The van der Waals surface area contributed by atoms with Crippen molar-refractivity contribution in [1.82, 2.24) is 5.32 Å². The van der Waals surface area contributed by atoms with Crippen molar-refractivity contribution in [3.05, 3.63) is 0 Å². The first-order valence-corrected chi connectivity index (χ1v) is 5.47. The molecule has 0 rings (SSSR count). The minimum atomic E-state index is 0.163. The number of terminal acetylenes is 1. The minimum Gasteiger partial charge on any atom is -0.355 e. The predicted molar refractivity (Wildman–Crippen MR) is 59.8 cm³/mol. The summed E-state index contributed by atoms with van der Waals surface area (Å²) in [6.07, 6.45) is 9.91. The van der Waals surface area contributed by atoms with Crippen LogP contribution in [0, 0.1) is 18.3 Å². The normalized spacial score (nSPS) is 11.8. The van der Waals surface area contributed by atoms with Crippen LogP contribution in [0.2, 0.25) is 0 Å². The first-order valence-electron chi connectivity index (χ1n) is 5.47. The van der Waals surface area contributed by atoms with Crippen LogP contribution in [0.4, 0.5) is 0 Å². The van der Waals surface area contributed by atoms with Crippen molar-refractivity contribution in [2.24, 2.45) is 5.92 Å². The predicted octanol–water partition coefficient (Wildman–Crippen LogP) is 2.34. The molecule has 1 unspecified atom stereocenters. The highest BCUT2D eigenvalue weighted by Gasteiger charge is 2.14. The molecule has 0 saturated carbocycles. The molecule has 1 atom stereocenters. The van der Waals surface area contributed by atoms with Gasteiger partial charge in [0.1, 0.15) is 0 Å². The monoisotopic (exact) mass is 195 g/mol. The lowest BCUT2D eigenvalue weighted by molar-refractivity contribution is -0.125. The van der Waals surface area contributed by atoms with E-state index in [1.807, 2.05) is 0 Å². The van der Waals surface area contributed by atoms with E-state index in [2.05, 4.69) is 25.1 Å². The first-order chi connectivity index (χ1) is 6.76. The standard InChI is InChI=1S/C12H21NO/c1-4-7-9-11(6-3)12(14)13-10-8-5-2/h2,11H,4,6-10H2,1,3H3,(H,13,14). The third kappa shape index (κ3) is 5.64. The maximum absolute atomic E-state index is 11.6. The summed E-state index contributed by atoms with van der Waals surface area (Å²) in [6, 6.07) is 0. The second-order valence-electron chi connectivity index (χ2n) is 3.49. The number of nitrogens with one attached hydrogen (secondary N) is 1. The van der Waals surface area contributed by atoms with Crippen LogP contribution in [0.15, 0.2) is 0 Å². The highest BCUT2D eigenvalue weighted by molar-refractivity contribution is 5.78. The molecule has 0 aromatic rings. The zero-order chi connectivity index (χ0) is 10.8. The molecule has 0 aromatic heterocycles. The fourth-order valence-electron chi connectivity index (χ4n) is 1.37. The molecule has 2 nitrogen and oxygen atoms in total. The second kappa shape index (κ2) is 8.62. The number of hydrogen-bond acceptors (Lipinski definition) is 1. The summed E-state index contributed by atoms with van der Waals surface area (Å²) in [6.45, 7) is 4.81. The summed E-state index contributed by atoms with van der Waals surface area (Å²) in [5.41, 5.74) is 0. The lowest BCUT2D eigenvalue weighted by Gasteiger charge is -2.13. The molecule has 0 radical (unpaired) electrons. The largest absolute Gasteiger partial charge is 0.355 e. The summed E-state index contributed by atoms with van der Waals surface area (Å²) in [4.78, 5) is 11.6. The van der Waals surface area contributed by atoms with Crippen LogP contribution in [0.1, 0.15) is 46.0 Å². The molecule has 0 bridgehead atoms. The highest BCUT2D eigenvalue weighted by Crippen LogP contribution is 2.12. The number of amides is 1. The number of rotatable bonds is 7. The van der Waals surface area contributed by atoms with E-state index in [-0.39, 0.29) is 11.8 Å². The molecule has 0 aliphatic heterocycles. The van der Waals surface area contributed by atoms with Crippen LogP contribution < -0.4 is 5.32 Å². The Morgan fingerprint density at radius 3 is 2.71 bits per heavy atom. The number of unbranched alkanes of at least 4 members (excludes halogenated alkanes) is 1. The van der Waals surface area contributed by atoms with E-state index in [0.29, 0.717) is 13.0 Å². The summed E-state index contributed by atoms with van der Waals surface area (Å²) in [7, 11) is 0. The zero-order valence-electron chi connectivity index (χ0n) is 9.31. The second-order valence-corrected chi connectivity index (χ2v) is 3.49. The molecular weight excluding hydrogens is 174 g/mol. The zero-order valence-corrected chi connectivity index (χ0v) is 9.31. The molecule has 0 aliphatic rings. The number of carbonyl (C=O) groups is 1. The van der Waals surface area contributed by atoms with Crippen molar-refractivity contribution in [3.63, 3.8) is 0 Å². The van der Waals surface area contributed by atoms with E-state index < -0.39 is 0 Å². The molecule has 0 heterocycles. The van der Waals surface area contributed by atoms with Gasteiger partial charge in [0, 0.05) is 18.9 Å². The molecule has 0 fully saturated rings. The topological polar surface area (TPSA) is 29.1 Å². The highest BCUT2D eigenvalue weighted by atomic mass is 16.1. The van der Waals surface area contributed by atoms with Crippen molar-refractivity contribution in [2.75, 3.05) is 6.54 Å². The van der Waals surface area contributed by atoms with Gasteiger partial charge in [-0.05, 0) is 12.8 Å². The van der Waals surface area contributed by atoms with Crippen LogP contribution in [0.3, 0.4) is 0 Å². The van der Waals surface area contributed by atoms with Gasteiger partial charge in [-0.25, -0.2) is 0 Å². The van der Waals surface area contributed by atoms with Gasteiger partial charge in [-0.3, -0.25) is 4.79 Å². The van der Waals surface area contributed by atoms with Gasteiger partial charge < -0.3 is 5.32 Å². The maximum atomic E-state index is 11.6. The molecule has 1 amide bonds. The summed E-state index contributed by atoms with van der Waals surface area (Å²) in [5.74, 6) is 2.85. The van der Waals surface area contributed by atoms with E-state index in [4.69, 9.17) is 6.42 Å². The Kier molecular flexibility index (Phi) is 8.02. The van der Waals surface area contributed by atoms with Gasteiger partial charge >= 0.3 is 0 Å². The van der Waals surface area contributed by atoms with Crippen LogP contribution in [0.5, 0.6) is 0 Å². The van der Waals surface area contributed by atoms with Gasteiger partial charge in [0.05, 0.1) is 0 Å². The average Bonchev–Trinajstić information content (AvgIpc) is 2.19. The fraction of sp³-hybridized carbons (Fsp3) is 0.750. The van der Waals surface area contributed by atoms with E-state index in [0.717, 1.165) is 25.7 Å². The number of hydrogen-bond donors (Lipinski definition) is 1. The van der Waals surface area contributed by atoms with E-state index >= 15 is 0 Å². The Bertz CT molecular complexity index is 193. The summed E-state index contributed by atoms with van der Waals surface area (Å²) < 4.78 is 0. The van der Waals surface area contributed by atoms with Crippen molar-refractivity contribution in [1.29, 1.82) is 0 Å². The van der Waals surface area contributed by atoms with E-state index in [9.17, 15) is 4.79 Å². The Labute approximate surface area is 87.5 Å². The molecule has 2 heteroatoms. The van der Waals surface area contributed by atoms with Gasteiger partial charge in [-0.1, -0.05) is 26.7 Å². The Balaban J connectivity index is 3.74. The van der Waals surface area contributed by atoms with Gasteiger partial charge in [0.15, 0.2) is 0 Å². The Hall–Kier alpha value is -0.970. The third-order valence-electron chi connectivity index (χ3n) is 2.34. The first kappa shape index (κ1) is 13.0. The lowest BCUT2D eigenvalue weighted by atomic mass is 9.98. The molecule has 0 aliphatic carbocycles. The van der Waals surface area contributed by atoms with Gasteiger partial charge in [0.25, 0.3) is 0 Å². The summed E-state index contributed by atoms with van der Waals surface area (Å²) in [5, 5.41) is 2.86. The smallest absolute Gasteiger partial charge is 0.223 e. The van der Waals surface area contributed by atoms with E-state index in [1.54, 1.807) is 0 Å². The average molecular weight is 195 g/mol. The van der Waals surface area contributed by atoms with Crippen LogP contribution >= 0.6 is 0 Å². The van der Waals surface area contributed by atoms with Gasteiger partial charge in [0.2, 0.25) is 5.91 Å².